The van der Waals surface area contributed by atoms with Gasteiger partial charge in [-0.2, -0.15) is 0 Å². The lowest BCUT2D eigenvalue weighted by Crippen LogP contribution is -2.22. The first-order valence-electron chi connectivity index (χ1n) is 6.61. The van der Waals surface area contributed by atoms with E-state index < -0.39 is 0 Å². The highest BCUT2D eigenvalue weighted by Gasteiger charge is 2.25. The van der Waals surface area contributed by atoms with Gasteiger partial charge >= 0.3 is 0 Å². The summed E-state index contributed by atoms with van der Waals surface area (Å²) >= 11 is 0. The molecule has 2 heteroatoms. The molecule has 0 radical (unpaired) electrons. The van der Waals surface area contributed by atoms with Gasteiger partial charge < -0.3 is 5.32 Å². The van der Waals surface area contributed by atoms with E-state index in [0.29, 0.717) is 6.42 Å². The third-order valence-electron chi connectivity index (χ3n) is 3.88. The van der Waals surface area contributed by atoms with Crippen molar-refractivity contribution in [2.75, 3.05) is 5.32 Å². The van der Waals surface area contributed by atoms with Crippen LogP contribution in [0, 0.1) is 13.8 Å². The van der Waals surface area contributed by atoms with Crippen LogP contribution < -0.4 is 5.32 Å². The van der Waals surface area contributed by atoms with Crippen molar-refractivity contribution in [3.8, 4) is 0 Å². The molecule has 0 aromatic heterocycles. The average molecular weight is 251 g/mol. The first-order chi connectivity index (χ1) is 9.15. The minimum atomic E-state index is 0.0849. The second-order valence-electron chi connectivity index (χ2n) is 5.21. The molecule has 0 bridgehead atoms. The van der Waals surface area contributed by atoms with Crippen molar-refractivity contribution < 1.29 is 4.79 Å². The first-order valence-corrected chi connectivity index (χ1v) is 6.61. The summed E-state index contributed by atoms with van der Waals surface area (Å²) in [7, 11) is 0. The lowest BCUT2D eigenvalue weighted by molar-refractivity contribution is 0.0972. The molecule has 2 nitrogen and oxygen atoms in total. The minimum absolute atomic E-state index is 0.0849. The molecule has 1 aliphatic heterocycles. The summed E-state index contributed by atoms with van der Waals surface area (Å²) in [6, 6.07) is 14.2. The van der Waals surface area contributed by atoms with Gasteiger partial charge in [0.25, 0.3) is 0 Å². The molecule has 1 unspecified atom stereocenters. The van der Waals surface area contributed by atoms with Crippen LogP contribution in [0.3, 0.4) is 0 Å². The summed E-state index contributed by atoms with van der Waals surface area (Å²) in [4.78, 5) is 12.2. The zero-order chi connectivity index (χ0) is 13.4. The van der Waals surface area contributed by atoms with Crippen LogP contribution in [0.2, 0.25) is 0 Å². The van der Waals surface area contributed by atoms with Crippen LogP contribution in [-0.2, 0) is 0 Å². The number of carbonyl (C=O) groups excluding carboxylic acids is 1. The van der Waals surface area contributed by atoms with E-state index in [1.807, 2.05) is 24.3 Å². The molecule has 0 fully saturated rings. The number of anilines is 1. The van der Waals surface area contributed by atoms with Gasteiger partial charge in [0.1, 0.15) is 0 Å². The molecule has 1 N–H and O–H groups in total. The number of hydrogen-bond donors (Lipinski definition) is 1. The van der Waals surface area contributed by atoms with Gasteiger partial charge in [0.15, 0.2) is 5.78 Å². The van der Waals surface area contributed by atoms with E-state index in [1.165, 1.54) is 16.7 Å². The first kappa shape index (κ1) is 12.0. The molecule has 0 saturated heterocycles. The van der Waals surface area contributed by atoms with Crippen molar-refractivity contribution in [1.82, 2.24) is 0 Å². The normalized spacial score (nSPS) is 17.8. The highest BCUT2D eigenvalue weighted by Crippen LogP contribution is 2.32. The molecule has 0 amide bonds. The summed E-state index contributed by atoms with van der Waals surface area (Å²) < 4.78 is 0. The second kappa shape index (κ2) is 4.54. The van der Waals surface area contributed by atoms with Crippen LogP contribution in [-0.4, -0.2) is 5.78 Å². The fourth-order valence-electron chi connectivity index (χ4n) is 2.57. The SMILES string of the molecule is Cc1ccc(C2CC(=O)c3ccccc3N2)cc1C. The Bertz CT molecular complexity index is 645. The molecule has 2 aromatic rings. The van der Waals surface area contributed by atoms with E-state index in [4.69, 9.17) is 0 Å². The summed E-state index contributed by atoms with van der Waals surface area (Å²) in [6.45, 7) is 4.21. The standard InChI is InChI=1S/C17H17NO/c1-11-7-8-13(9-12(11)2)16-10-17(19)14-5-3-4-6-15(14)18-16/h3-9,16,18H,10H2,1-2H3. The van der Waals surface area contributed by atoms with E-state index in [1.54, 1.807) is 0 Å². The van der Waals surface area contributed by atoms with Crippen LogP contribution in [0.25, 0.3) is 0 Å². The lowest BCUT2D eigenvalue weighted by Gasteiger charge is -2.26. The Morgan fingerprint density at radius 2 is 1.84 bits per heavy atom. The van der Waals surface area contributed by atoms with Gasteiger partial charge in [-0.15, -0.1) is 0 Å². The molecule has 1 atom stereocenters. The van der Waals surface area contributed by atoms with Gasteiger partial charge in [-0.05, 0) is 42.7 Å². The van der Waals surface area contributed by atoms with Crippen LogP contribution >= 0.6 is 0 Å². The lowest BCUT2D eigenvalue weighted by atomic mass is 9.91. The van der Waals surface area contributed by atoms with Crippen molar-refractivity contribution in [1.29, 1.82) is 0 Å². The smallest absolute Gasteiger partial charge is 0.167 e. The third-order valence-corrected chi connectivity index (χ3v) is 3.88. The summed E-state index contributed by atoms with van der Waals surface area (Å²) in [5.74, 6) is 0.220. The molecule has 96 valence electrons. The van der Waals surface area contributed by atoms with E-state index in [2.05, 4.69) is 37.4 Å². The zero-order valence-electron chi connectivity index (χ0n) is 11.2. The summed E-state index contributed by atoms with van der Waals surface area (Å²) in [6.07, 6.45) is 0.527. The topological polar surface area (TPSA) is 29.1 Å². The molecule has 0 spiro atoms. The Labute approximate surface area is 113 Å². The number of carbonyl (C=O) groups is 1. The molecule has 19 heavy (non-hydrogen) atoms. The zero-order valence-corrected chi connectivity index (χ0v) is 11.2. The summed E-state index contributed by atoms with van der Waals surface area (Å²) in [5, 5.41) is 3.47. The van der Waals surface area contributed by atoms with Crippen molar-refractivity contribution in [3.05, 3.63) is 64.7 Å². The van der Waals surface area contributed by atoms with Gasteiger partial charge in [-0.25, -0.2) is 0 Å². The monoisotopic (exact) mass is 251 g/mol. The number of rotatable bonds is 1. The molecule has 1 aliphatic rings. The van der Waals surface area contributed by atoms with Crippen molar-refractivity contribution >= 4 is 11.5 Å². The van der Waals surface area contributed by atoms with Crippen LogP contribution in [0.4, 0.5) is 5.69 Å². The maximum atomic E-state index is 12.2. The molecule has 2 aromatic carbocycles. The molecule has 1 heterocycles. The van der Waals surface area contributed by atoms with Crippen molar-refractivity contribution in [3.63, 3.8) is 0 Å². The van der Waals surface area contributed by atoms with Crippen LogP contribution in [0.1, 0.15) is 39.5 Å². The fourth-order valence-corrected chi connectivity index (χ4v) is 2.57. The highest BCUT2D eigenvalue weighted by molar-refractivity contribution is 6.03. The van der Waals surface area contributed by atoms with E-state index in [0.717, 1.165) is 11.3 Å². The Hall–Kier alpha value is -2.09. The average Bonchev–Trinajstić information content (AvgIpc) is 2.42. The minimum Gasteiger partial charge on any atom is -0.377 e. The second-order valence-corrected chi connectivity index (χ2v) is 5.21. The number of nitrogens with one attached hydrogen (secondary N) is 1. The third kappa shape index (κ3) is 2.14. The molecule has 3 rings (SSSR count). The number of benzene rings is 2. The molecule has 0 aliphatic carbocycles. The molecular formula is C17H17NO. The number of aryl methyl sites for hydroxylation is 2. The fraction of sp³-hybridized carbons (Fsp3) is 0.235. The quantitative estimate of drug-likeness (QED) is 0.828. The number of hydrogen-bond acceptors (Lipinski definition) is 2. The van der Waals surface area contributed by atoms with Crippen LogP contribution in [0.15, 0.2) is 42.5 Å². The highest BCUT2D eigenvalue weighted by atomic mass is 16.1. The van der Waals surface area contributed by atoms with E-state index >= 15 is 0 Å². The number of para-hydroxylation sites is 1. The molecular weight excluding hydrogens is 234 g/mol. The van der Waals surface area contributed by atoms with Gasteiger partial charge in [0.05, 0.1) is 6.04 Å². The Morgan fingerprint density at radius 1 is 1.05 bits per heavy atom. The van der Waals surface area contributed by atoms with Gasteiger partial charge in [0.2, 0.25) is 0 Å². The van der Waals surface area contributed by atoms with E-state index in [-0.39, 0.29) is 11.8 Å². The Balaban J connectivity index is 1.96. The van der Waals surface area contributed by atoms with Gasteiger partial charge in [-0.3, -0.25) is 4.79 Å². The summed E-state index contributed by atoms with van der Waals surface area (Å²) in [5.41, 5.74) is 5.49. The number of Topliss-reactive ketones (excluding diaryl/α,β-unsaturated/α-hetero) is 1. The van der Waals surface area contributed by atoms with Gasteiger partial charge in [-0.1, -0.05) is 30.3 Å². The number of ketones is 1. The Morgan fingerprint density at radius 3 is 2.63 bits per heavy atom. The predicted molar refractivity (Wildman–Crippen MR) is 77.7 cm³/mol. The van der Waals surface area contributed by atoms with E-state index in [9.17, 15) is 4.79 Å². The van der Waals surface area contributed by atoms with Crippen LogP contribution in [0.5, 0.6) is 0 Å². The Kier molecular flexibility index (Phi) is 2.86. The maximum absolute atomic E-state index is 12.2. The van der Waals surface area contributed by atoms with Crippen molar-refractivity contribution in [2.45, 2.75) is 26.3 Å². The van der Waals surface area contributed by atoms with Crippen molar-refractivity contribution in [2.24, 2.45) is 0 Å². The largest absolute Gasteiger partial charge is 0.377 e. The predicted octanol–water partition coefficient (Wildman–Crippen LogP) is 4.04. The maximum Gasteiger partial charge on any atom is 0.167 e. The molecule has 0 saturated carbocycles. The van der Waals surface area contributed by atoms with Gasteiger partial charge in [0, 0.05) is 17.7 Å². The number of fused-ring (bicyclic) bond motifs is 1.